The van der Waals surface area contributed by atoms with Crippen LogP contribution in [0.1, 0.15) is 24.4 Å². The van der Waals surface area contributed by atoms with Gasteiger partial charge in [0.05, 0.1) is 5.69 Å². The van der Waals surface area contributed by atoms with Gasteiger partial charge in [0.25, 0.3) is 0 Å². The molecule has 1 aromatic heterocycles. The van der Waals surface area contributed by atoms with Crippen LogP contribution in [0.5, 0.6) is 0 Å². The number of nitrogens with zero attached hydrogens (tertiary/aromatic N) is 2. The first kappa shape index (κ1) is 10.6. The number of piperazine rings is 1. The highest BCUT2D eigenvalue weighted by Crippen LogP contribution is 2.18. The van der Waals surface area contributed by atoms with E-state index >= 15 is 0 Å². The Morgan fingerprint density at radius 3 is 2.73 bits per heavy atom. The molecule has 0 aromatic carbocycles. The molecule has 0 radical (unpaired) electrons. The third-order valence-corrected chi connectivity index (χ3v) is 3.04. The molecular weight excluding hydrogens is 186 g/mol. The van der Waals surface area contributed by atoms with Crippen molar-refractivity contribution >= 4 is 0 Å². The molecule has 1 fully saturated rings. The van der Waals surface area contributed by atoms with E-state index in [4.69, 9.17) is 0 Å². The van der Waals surface area contributed by atoms with Crippen LogP contribution in [-0.2, 0) is 0 Å². The molecular formula is C12H19N3. The van der Waals surface area contributed by atoms with Crippen LogP contribution in [0, 0.1) is 6.92 Å². The molecule has 82 valence electrons. The first-order chi connectivity index (χ1) is 7.27. The van der Waals surface area contributed by atoms with Crippen molar-refractivity contribution in [2.75, 3.05) is 26.2 Å². The van der Waals surface area contributed by atoms with Crippen LogP contribution in [0.25, 0.3) is 0 Å². The van der Waals surface area contributed by atoms with Crippen LogP contribution in [0.15, 0.2) is 18.2 Å². The number of aromatic nitrogens is 1. The van der Waals surface area contributed by atoms with Gasteiger partial charge in [-0.15, -0.1) is 0 Å². The van der Waals surface area contributed by atoms with Gasteiger partial charge in [-0.25, -0.2) is 0 Å². The largest absolute Gasteiger partial charge is 0.314 e. The molecule has 0 bridgehead atoms. The normalized spacial score (nSPS) is 20.1. The summed E-state index contributed by atoms with van der Waals surface area (Å²) in [5.41, 5.74) is 2.30. The Labute approximate surface area is 91.5 Å². The maximum absolute atomic E-state index is 4.59. The second kappa shape index (κ2) is 4.73. The van der Waals surface area contributed by atoms with E-state index in [0.717, 1.165) is 31.9 Å². The molecule has 1 aliphatic heterocycles. The zero-order valence-electron chi connectivity index (χ0n) is 9.53. The molecule has 1 aliphatic rings. The van der Waals surface area contributed by atoms with Gasteiger partial charge in [-0.2, -0.15) is 0 Å². The van der Waals surface area contributed by atoms with Crippen LogP contribution in [0.3, 0.4) is 0 Å². The molecule has 1 N–H and O–H groups in total. The highest BCUT2D eigenvalue weighted by atomic mass is 15.2. The monoisotopic (exact) mass is 205 g/mol. The summed E-state index contributed by atoms with van der Waals surface area (Å²) in [6.07, 6.45) is 0. The Bertz CT molecular complexity index is 318. The van der Waals surface area contributed by atoms with Crippen molar-refractivity contribution in [2.24, 2.45) is 0 Å². The molecule has 2 heterocycles. The number of hydrogen-bond donors (Lipinski definition) is 1. The molecule has 2 rings (SSSR count). The summed E-state index contributed by atoms with van der Waals surface area (Å²) in [5.74, 6) is 0. The van der Waals surface area contributed by atoms with Crippen LogP contribution >= 0.6 is 0 Å². The Morgan fingerprint density at radius 2 is 2.07 bits per heavy atom. The van der Waals surface area contributed by atoms with Crippen molar-refractivity contribution < 1.29 is 0 Å². The number of hydrogen-bond acceptors (Lipinski definition) is 3. The predicted octanol–water partition coefficient (Wildman–Crippen LogP) is 1.36. The molecule has 3 nitrogen and oxygen atoms in total. The van der Waals surface area contributed by atoms with Crippen molar-refractivity contribution in [3.05, 3.63) is 29.6 Å². The van der Waals surface area contributed by atoms with Crippen LogP contribution in [-0.4, -0.2) is 36.1 Å². The fourth-order valence-electron chi connectivity index (χ4n) is 2.05. The molecule has 0 amide bonds. The maximum Gasteiger partial charge on any atom is 0.0575 e. The topological polar surface area (TPSA) is 28.2 Å². The van der Waals surface area contributed by atoms with Crippen LogP contribution < -0.4 is 5.32 Å². The number of aryl methyl sites for hydroxylation is 1. The van der Waals surface area contributed by atoms with Crippen molar-refractivity contribution in [3.63, 3.8) is 0 Å². The number of nitrogens with one attached hydrogen (secondary N) is 1. The third-order valence-electron chi connectivity index (χ3n) is 3.04. The van der Waals surface area contributed by atoms with Crippen LogP contribution in [0.4, 0.5) is 0 Å². The van der Waals surface area contributed by atoms with Crippen molar-refractivity contribution in [3.8, 4) is 0 Å². The average molecular weight is 205 g/mol. The Hall–Kier alpha value is -0.930. The minimum atomic E-state index is 0.437. The summed E-state index contributed by atoms with van der Waals surface area (Å²) in [6.45, 7) is 8.72. The van der Waals surface area contributed by atoms with Crippen molar-refractivity contribution in [2.45, 2.75) is 19.9 Å². The molecule has 1 unspecified atom stereocenters. The number of pyridine rings is 1. The molecule has 1 saturated heterocycles. The van der Waals surface area contributed by atoms with E-state index in [9.17, 15) is 0 Å². The van der Waals surface area contributed by atoms with E-state index in [-0.39, 0.29) is 0 Å². The molecule has 0 aliphatic carbocycles. The van der Waals surface area contributed by atoms with Gasteiger partial charge in [0.2, 0.25) is 0 Å². The third kappa shape index (κ3) is 2.55. The minimum absolute atomic E-state index is 0.437. The standard InChI is InChI=1S/C12H19N3/c1-10-4-3-5-12(14-10)11(2)15-8-6-13-7-9-15/h3-5,11,13H,6-9H2,1-2H3. The summed E-state index contributed by atoms with van der Waals surface area (Å²) >= 11 is 0. The lowest BCUT2D eigenvalue weighted by molar-refractivity contribution is 0.182. The second-order valence-corrected chi connectivity index (χ2v) is 4.17. The SMILES string of the molecule is Cc1cccc(C(C)N2CCNCC2)n1. The summed E-state index contributed by atoms with van der Waals surface area (Å²) in [4.78, 5) is 7.07. The van der Waals surface area contributed by atoms with Gasteiger partial charge in [-0.3, -0.25) is 9.88 Å². The van der Waals surface area contributed by atoms with Gasteiger partial charge in [0.1, 0.15) is 0 Å². The summed E-state index contributed by atoms with van der Waals surface area (Å²) in [7, 11) is 0. The Morgan fingerprint density at radius 1 is 1.33 bits per heavy atom. The fraction of sp³-hybridized carbons (Fsp3) is 0.583. The quantitative estimate of drug-likeness (QED) is 0.790. The molecule has 3 heteroatoms. The van der Waals surface area contributed by atoms with E-state index in [2.05, 4.69) is 34.3 Å². The van der Waals surface area contributed by atoms with Gasteiger partial charge >= 0.3 is 0 Å². The fourth-order valence-corrected chi connectivity index (χ4v) is 2.05. The molecule has 1 aromatic rings. The predicted molar refractivity (Wildman–Crippen MR) is 61.8 cm³/mol. The molecule has 0 spiro atoms. The van der Waals surface area contributed by atoms with E-state index in [1.54, 1.807) is 0 Å². The second-order valence-electron chi connectivity index (χ2n) is 4.17. The first-order valence-electron chi connectivity index (χ1n) is 5.66. The molecule has 1 atom stereocenters. The lowest BCUT2D eigenvalue weighted by Gasteiger charge is -2.32. The van der Waals surface area contributed by atoms with Gasteiger partial charge in [0, 0.05) is 37.9 Å². The van der Waals surface area contributed by atoms with Crippen molar-refractivity contribution in [1.29, 1.82) is 0 Å². The van der Waals surface area contributed by atoms with Gasteiger partial charge < -0.3 is 5.32 Å². The van der Waals surface area contributed by atoms with E-state index in [0.29, 0.717) is 6.04 Å². The maximum atomic E-state index is 4.59. The highest BCUT2D eigenvalue weighted by Gasteiger charge is 2.18. The van der Waals surface area contributed by atoms with Crippen LogP contribution in [0.2, 0.25) is 0 Å². The Balaban J connectivity index is 2.08. The Kier molecular flexibility index (Phi) is 3.34. The number of rotatable bonds is 2. The van der Waals surface area contributed by atoms with Gasteiger partial charge in [-0.1, -0.05) is 6.07 Å². The van der Waals surface area contributed by atoms with Gasteiger partial charge in [0.15, 0.2) is 0 Å². The van der Waals surface area contributed by atoms with Crippen molar-refractivity contribution in [1.82, 2.24) is 15.2 Å². The highest BCUT2D eigenvalue weighted by molar-refractivity contribution is 5.13. The van der Waals surface area contributed by atoms with E-state index in [1.807, 2.05) is 13.0 Å². The summed E-state index contributed by atoms with van der Waals surface area (Å²) < 4.78 is 0. The zero-order chi connectivity index (χ0) is 10.7. The zero-order valence-corrected chi connectivity index (χ0v) is 9.53. The van der Waals surface area contributed by atoms with E-state index in [1.165, 1.54) is 5.69 Å². The molecule has 0 saturated carbocycles. The lowest BCUT2D eigenvalue weighted by Crippen LogP contribution is -2.44. The van der Waals surface area contributed by atoms with E-state index < -0.39 is 0 Å². The lowest BCUT2D eigenvalue weighted by atomic mass is 10.1. The first-order valence-corrected chi connectivity index (χ1v) is 5.66. The minimum Gasteiger partial charge on any atom is -0.314 e. The summed E-state index contributed by atoms with van der Waals surface area (Å²) in [5, 5.41) is 3.37. The smallest absolute Gasteiger partial charge is 0.0575 e. The molecule has 15 heavy (non-hydrogen) atoms. The van der Waals surface area contributed by atoms with Gasteiger partial charge in [-0.05, 0) is 26.0 Å². The average Bonchev–Trinajstić information content (AvgIpc) is 2.29. The summed E-state index contributed by atoms with van der Waals surface area (Å²) in [6, 6.07) is 6.70.